The van der Waals surface area contributed by atoms with Gasteiger partial charge in [0.25, 0.3) is 0 Å². The zero-order chi connectivity index (χ0) is 16.0. The molecule has 23 heavy (non-hydrogen) atoms. The lowest BCUT2D eigenvalue weighted by atomic mass is 9.96. The van der Waals surface area contributed by atoms with Crippen molar-refractivity contribution in [3.05, 3.63) is 34.6 Å². The van der Waals surface area contributed by atoms with Gasteiger partial charge < -0.3 is 15.4 Å². The fourth-order valence-electron chi connectivity index (χ4n) is 3.85. The molecule has 5 atom stereocenters. The lowest BCUT2D eigenvalue weighted by Crippen LogP contribution is -2.48. The number of fused-ring (bicyclic) bond motifs is 2. The number of hydrogen-bond acceptors (Lipinski definition) is 2. The lowest BCUT2D eigenvalue weighted by Gasteiger charge is -2.22. The minimum atomic E-state index is -0.226. The number of nitrogens with one attached hydrogen (secondary N) is 2. The number of ether oxygens (including phenoxy) is 1. The molecule has 5 unspecified atom stereocenters. The van der Waals surface area contributed by atoms with Crippen LogP contribution in [0.5, 0.6) is 0 Å². The van der Waals surface area contributed by atoms with Crippen molar-refractivity contribution < 1.29 is 9.13 Å². The molecule has 0 amide bonds. The van der Waals surface area contributed by atoms with Gasteiger partial charge in [0.2, 0.25) is 0 Å². The Balaban J connectivity index is 1.37. The highest BCUT2D eigenvalue weighted by Crippen LogP contribution is 2.45. The highest BCUT2D eigenvalue weighted by molar-refractivity contribution is 6.31. The molecule has 1 saturated carbocycles. The smallest absolute Gasteiger partial charge is 0.191 e. The van der Waals surface area contributed by atoms with Crippen LogP contribution in [-0.2, 0) is 4.74 Å². The van der Waals surface area contributed by atoms with E-state index in [1.807, 2.05) is 0 Å². The van der Waals surface area contributed by atoms with Gasteiger partial charge in [0.1, 0.15) is 5.82 Å². The average Bonchev–Trinajstić information content (AvgIpc) is 2.95. The van der Waals surface area contributed by atoms with Crippen molar-refractivity contribution in [3.63, 3.8) is 0 Å². The number of nitrogens with zero attached hydrogens (tertiary/aromatic N) is 1. The van der Waals surface area contributed by atoms with Crippen LogP contribution in [0.3, 0.4) is 0 Å². The Labute approximate surface area is 140 Å². The van der Waals surface area contributed by atoms with Crippen molar-refractivity contribution >= 4 is 17.6 Å². The fourth-order valence-corrected chi connectivity index (χ4v) is 4.15. The van der Waals surface area contributed by atoms with E-state index in [2.05, 4.69) is 15.6 Å². The second kappa shape index (κ2) is 5.95. The first-order valence-electron chi connectivity index (χ1n) is 8.25. The molecule has 124 valence electrons. The van der Waals surface area contributed by atoms with Crippen LogP contribution < -0.4 is 10.6 Å². The normalized spacial score (nSPS) is 35.4. The number of hydrogen-bond donors (Lipinski definition) is 2. The van der Waals surface area contributed by atoms with E-state index in [0.29, 0.717) is 28.8 Å². The van der Waals surface area contributed by atoms with Crippen LogP contribution in [0.1, 0.15) is 37.2 Å². The van der Waals surface area contributed by atoms with Crippen LogP contribution in [0, 0.1) is 5.82 Å². The van der Waals surface area contributed by atoms with Crippen molar-refractivity contribution in [3.8, 4) is 0 Å². The molecule has 4 nitrogen and oxygen atoms in total. The standard InChI is InChI=1S/C17H21ClFN3O/c1-20-17(22-14-7-9-5-6-15(14)23-9)21-13-8-10(13)16-11(18)3-2-4-12(16)19/h2-4,9-10,13-15H,5-8H2,1H3,(H2,20,21,22). The van der Waals surface area contributed by atoms with Crippen molar-refractivity contribution in [1.29, 1.82) is 0 Å². The topological polar surface area (TPSA) is 45.7 Å². The molecule has 0 radical (unpaired) electrons. The van der Waals surface area contributed by atoms with Crippen LogP contribution in [0.4, 0.5) is 4.39 Å². The van der Waals surface area contributed by atoms with E-state index < -0.39 is 0 Å². The van der Waals surface area contributed by atoms with E-state index in [9.17, 15) is 4.39 Å². The maximum absolute atomic E-state index is 14.0. The van der Waals surface area contributed by atoms with Gasteiger partial charge >= 0.3 is 0 Å². The van der Waals surface area contributed by atoms with Gasteiger partial charge in [0.15, 0.2) is 5.96 Å². The van der Waals surface area contributed by atoms with Crippen LogP contribution in [0.15, 0.2) is 23.2 Å². The number of aliphatic imine (C=N–C) groups is 1. The van der Waals surface area contributed by atoms with E-state index >= 15 is 0 Å². The summed E-state index contributed by atoms with van der Waals surface area (Å²) in [6.45, 7) is 0. The van der Waals surface area contributed by atoms with Crippen LogP contribution >= 0.6 is 11.6 Å². The largest absolute Gasteiger partial charge is 0.373 e. The molecule has 1 aliphatic carbocycles. The number of halogens is 2. The number of benzene rings is 1. The first-order valence-corrected chi connectivity index (χ1v) is 8.62. The molecule has 2 aliphatic heterocycles. The summed E-state index contributed by atoms with van der Waals surface area (Å²) in [7, 11) is 1.76. The molecule has 6 heteroatoms. The van der Waals surface area contributed by atoms with Gasteiger partial charge in [-0.15, -0.1) is 0 Å². The summed E-state index contributed by atoms with van der Waals surface area (Å²) >= 11 is 6.15. The van der Waals surface area contributed by atoms with Gasteiger partial charge in [-0.1, -0.05) is 17.7 Å². The SMILES string of the molecule is CN=C(NC1CC2CCC1O2)NC1CC1c1c(F)cccc1Cl. The van der Waals surface area contributed by atoms with Crippen molar-refractivity contribution in [1.82, 2.24) is 10.6 Å². The fraction of sp³-hybridized carbons (Fsp3) is 0.588. The second-order valence-electron chi connectivity index (χ2n) is 6.66. The van der Waals surface area contributed by atoms with Gasteiger partial charge in [-0.2, -0.15) is 0 Å². The maximum atomic E-state index is 14.0. The quantitative estimate of drug-likeness (QED) is 0.658. The molecule has 2 heterocycles. The van der Waals surface area contributed by atoms with E-state index in [1.54, 1.807) is 19.2 Å². The molecule has 2 N–H and O–H groups in total. The zero-order valence-electron chi connectivity index (χ0n) is 13.1. The zero-order valence-corrected chi connectivity index (χ0v) is 13.8. The summed E-state index contributed by atoms with van der Waals surface area (Å²) in [6, 6.07) is 5.36. The highest BCUT2D eigenvalue weighted by atomic mass is 35.5. The minimum Gasteiger partial charge on any atom is -0.373 e. The molecule has 1 aromatic rings. The Morgan fingerprint density at radius 2 is 2.09 bits per heavy atom. The molecule has 2 saturated heterocycles. The third-order valence-corrected chi connectivity index (χ3v) is 5.46. The summed E-state index contributed by atoms with van der Waals surface area (Å²) < 4.78 is 19.8. The Kier molecular flexibility index (Phi) is 3.93. The average molecular weight is 338 g/mol. The maximum Gasteiger partial charge on any atom is 0.191 e. The van der Waals surface area contributed by atoms with E-state index in [4.69, 9.17) is 16.3 Å². The van der Waals surface area contributed by atoms with Gasteiger partial charge in [-0.3, -0.25) is 4.99 Å². The molecule has 4 rings (SSSR count). The minimum absolute atomic E-state index is 0.110. The first-order chi connectivity index (χ1) is 11.2. The summed E-state index contributed by atoms with van der Waals surface area (Å²) in [4.78, 5) is 4.30. The second-order valence-corrected chi connectivity index (χ2v) is 7.07. The summed E-state index contributed by atoms with van der Waals surface area (Å²) in [5, 5.41) is 7.35. The van der Waals surface area contributed by atoms with Gasteiger partial charge in [0, 0.05) is 29.6 Å². The predicted molar refractivity (Wildman–Crippen MR) is 88.5 cm³/mol. The monoisotopic (exact) mass is 337 g/mol. The predicted octanol–water partition coefficient (Wildman–Crippen LogP) is 2.82. The molecule has 0 spiro atoms. The van der Waals surface area contributed by atoms with E-state index in [1.165, 1.54) is 12.5 Å². The summed E-state index contributed by atoms with van der Waals surface area (Å²) in [6.07, 6.45) is 4.91. The third-order valence-electron chi connectivity index (χ3n) is 5.13. The molecule has 0 aromatic heterocycles. The Bertz CT molecular complexity index is 618. The Hall–Kier alpha value is -1.33. The molecule has 2 bridgehead atoms. The lowest BCUT2D eigenvalue weighted by molar-refractivity contribution is 0.0992. The number of guanidine groups is 1. The molecular weight excluding hydrogens is 317 g/mol. The van der Waals surface area contributed by atoms with E-state index in [-0.39, 0.29) is 17.8 Å². The summed E-state index contributed by atoms with van der Waals surface area (Å²) in [5.74, 6) is 0.654. The van der Waals surface area contributed by atoms with Gasteiger partial charge in [-0.25, -0.2) is 4.39 Å². The number of rotatable bonds is 3. The molecule has 1 aromatic carbocycles. The highest BCUT2D eigenvalue weighted by Gasteiger charge is 2.44. The van der Waals surface area contributed by atoms with Gasteiger partial charge in [-0.05, 0) is 37.8 Å². The summed E-state index contributed by atoms with van der Waals surface area (Å²) in [5.41, 5.74) is 0.616. The van der Waals surface area contributed by atoms with Crippen molar-refractivity contribution in [2.75, 3.05) is 7.05 Å². The van der Waals surface area contributed by atoms with Crippen molar-refractivity contribution in [2.45, 2.75) is 55.9 Å². The Morgan fingerprint density at radius 3 is 2.74 bits per heavy atom. The van der Waals surface area contributed by atoms with E-state index in [0.717, 1.165) is 25.2 Å². The molecule has 3 fully saturated rings. The van der Waals surface area contributed by atoms with Gasteiger partial charge in [0.05, 0.1) is 18.2 Å². The first kappa shape index (κ1) is 15.2. The third kappa shape index (κ3) is 2.92. The molecular formula is C17H21ClFN3O. The van der Waals surface area contributed by atoms with Crippen LogP contribution in [0.25, 0.3) is 0 Å². The van der Waals surface area contributed by atoms with Crippen LogP contribution in [0.2, 0.25) is 5.02 Å². The van der Waals surface area contributed by atoms with Crippen LogP contribution in [-0.4, -0.2) is 37.3 Å². The van der Waals surface area contributed by atoms with Crippen molar-refractivity contribution in [2.24, 2.45) is 4.99 Å². The molecule has 3 aliphatic rings. The Morgan fingerprint density at radius 1 is 1.26 bits per heavy atom.